The average Bonchev–Trinajstić information content (AvgIpc) is 2.95. The van der Waals surface area contributed by atoms with Crippen LogP contribution in [0.1, 0.15) is 11.3 Å². The lowest BCUT2D eigenvalue weighted by molar-refractivity contribution is 0.262. The first kappa shape index (κ1) is 16.8. The second kappa shape index (κ2) is 7.27. The molecule has 0 bridgehead atoms. The van der Waals surface area contributed by atoms with E-state index in [1.54, 1.807) is 13.2 Å². The summed E-state index contributed by atoms with van der Waals surface area (Å²) in [5.41, 5.74) is 3.38. The Morgan fingerprint density at radius 3 is 2.72 bits per heavy atom. The molecule has 2 aromatic heterocycles. The summed E-state index contributed by atoms with van der Waals surface area (Å²) in [6.45, 7) is 3.86. The molecule has 0 radical (unpaired) electrons. The second-order valence-corrected chi connectivity index (χ2v) is 6.40. The molecule has 0 aliphatic heterocycles. The zero-order valence-corrected chi connectivity index (χ0v) is 14.9. The van der Waals surface area contributed by atoms with Crippen molar-refractivity contribution in [1.82, 2.24) is 15.0 Å². The van der Waals surface area contributed by atoms with Crippen LogP contribution in [0, 0.1) is 13.8 Å². The minimum atomic E-state index is -0.329. The monoisotopic (exact) mass is 354 g/mol. The van der Waals surface area contributed by atoms with E-state index in [0.29, 0.717) is 11.1 Å². The summed E-state index contributed by atoms with van der Waals surface area (Å²) in [7, 11) is 1.77. The molecule has 128 valence electrons. The fourth-order valence-electron chi connectivity index (χ4n) is 2.28. The quantitative estimate of drug-likeness (QED) is 0.661. The highest BCUT2D eigenvalue weighted by atomic mass is 32.1. The van der Waals surface area contributed by atoms with Crippen molar-refractivity contribution in [1.29, 1.82) is 0 Å². The molecule has 0 unspecified atom stereocenters. The molecular formula is C17H18N6OS. The van der Waals surface area contributed by atoms with E-state index in [4.69, 9.17) is 0 Å². The maximum absolute atomic E-state index is 12.2. The molecule has 2 heterocycles. The van der Waals surface area contributed by atoms with Gasteiger partial charge >= 0.3 is 6.03 Å². The summed E-state index contributed by atoms with van der Waals surface area (Å²) in [5, 5.41) is 8.99. The third-order valence-corrected chi connectivity index (χ3v) is 4.50. The van der Waals surface area contributed by atoms with Crippen LogP contribution >= 0.6 is 11.3 Å². The Kier molecular flexibility index (Phi) is 4.90. The number of anilines is 3. The highest BCUT2D eigenvalue weighted by Gasteiger charge is 2.13. The minimum Gasteiger partial charge on any atom is -0.357 e. The van der Waals surface area contributed by atoms with Crippen LogP contribution in [0.5, 0.6) is 0 Å². The van der Waals surface area contributed by atoms with E-state index in [1.807, 2.05) is 44.2 Å². The van der Waals surface area contributed by atoms with Gasteiger partial charge in [-0.25, -0.2) is 19.7 Å². The van der Waals surface area contributed by atoms with Crippen molar-refractivity contribution >= 4 is 34.1 Å². The van der Waals surface area contributed by atoms with Crippen molar-refractivity contribution in [2.24, 2.45) is 0 Å². The Morgan fingerprint density at radius 1 is 1.12 bits per heavy atom. The first-order valence-electron chi connectivity index (χ1n) is 7.68. The van der Waals surface area contributed by atoms with Crippen LogP contribution < -0.4 is 16.0 Å². The number of thiazole rings is 1. The number of hydrogen-bond donors (Lipinski definition) is 3. The molecule has 8 heteroatoms. The topological polar surface area (TPSA) is 91.8 Å². The number of nitrogens with zero attached hydrogens (tertiary/aromatic N) is 3. The molecule has 1 aromatic carbocycles. The maximum Gasteiger partial charge on any atom is 0.325 e. The van der Waals surface area contributed by atoms with E-state index in [0.717, 1.165) is 27.5 Å². The van der Waals surface area contributed by atoms with Crippen LogP contribution in [0.15, 0.2) is 36.5 Å². The van der Waals surface area contributed by atoms with Crippen LogP contribution in [0.4, 0.5) is 21.6 Å². The molecule has 0 aliphatic rings. The van der Waals surface area contributed by atoms with Crippen LogP contribution in [0.3, 0.4) is 0 Å². The SMILES string of the molecule is CNc1nccc(-c2sc(NC(=O)Nc3cccc(C)c3)nc2C)n1. The summed E-state index contributed by atoms with van der Waals surface area (Å²) < 4.78 is 0. The minimum absolute atomic E-state index is 0.329. The molecule has 25 heavy (non-hydrogen) atoms. The molecule has 0 saturated heterocycles. The van der Waals surface area contributed by atoms with Gasteiger partial charge in [0.05, 0.1) is 16.3 Å². The van der Waals surface area contributed by atoms with Crippen LogP contribution in [-0.2, 0) is 0 Å². The zero-order valence-electron chi connectivity index (χ0n) is 14.1. The Bertz CT molecular complexity index is 908. The number of aryl methyl sites for hydroxylation is 2. The van der Waals surface area contributed by atoms with Crippen LogP contribution in [0.25, 0.3) is 10.6 Å². The van der Waals surface area contributed by atoms with Gasteiger partial charge in [0.2, 0.25) is 5.95 Å². The maximum atomic E-state index is 12.2. The lowest BCUT2D eigenvalue weighted by Crippen LogP contribution is -2.19. The van der Waals surface area contributed by atoms with Gasteiger partial charge in [0.25, 0.3) is 0 Å². The number of hydrogen-bond acceptors (Lipinski definition) is 6. The molecule has 0 spiro atoms. The molecule has 0 fully saturated rings. The highest BCUT2D eigenvalue weighted by Crippen LogP contribution is 2.31. The molecule has 0 saturated carbocycles. The van der Waals surface area contributed by atoms with Gasteiger partial charge in [0.15, 0.2) is 5.13 Å². The van der Waals surface area contributed by atoms with Crippen LogP contribution in [0.2, 0.25) is 0 Å². The Balaban J connectivity index is 1.74. The molecule has 2 amide bonds. The summed E-state index contributed by atoms with van der Waals surface area (Å²) in [6.07, 6.45) is 1.69. The smallest absolute Gasteiger partial charge is 0.325 e. The molecular weight excluding hydrogens is 336 g/mol. The predicted molar refractivity (Wildman–Crippen MR) is 101 cm³/mol. The van der Waals surface area contributed by atoms with Gasteiger partial charge in [0.1, 0.15) is 0 Å². The van der Waals surface area contributed by atoms with Gasteiger partial charge < -0.3 is 10.6 Å². The second-order valence-electron chi connectivity index (χ2n) is 5.40. The Hall–Kier alpha value is -3.00. The van der Waals surface area contributed by atoms with Crippen molar-refractivity contribution in [3.8, 4) is 10.6 Å². The summed E-state index contributed by atoms with van der Waals surface area (Å²) in [6, 6.07) is 9.09. The number of nitrogens with one attached hydrogen (secondary N) is 3. The van der Waals surface area contributed by atoms with E-state index in [9.17, 15) is 4.79 Å². The lowest BCUT2D eigenvalue weighted by Gasteiger charge is -2.05. The lowest BCUT2D eigenvalue weighted by atomic mass is 10.2. The Labute approximate surface area is 149 Å². The van der Waals surface area contributed by atoms with Crippen molar-refractivity contribution in [3.05, 3.63) is 47.8 Å². The summed E-state index contributed by atoms with van der Waals surface area (Å²) in [5.74, 6) is 0.539. The molecule has 3 N–H and O–H groups in total. The fourth-order valence-corrected chi connectivity index (χ4v) is 3.21. The molecule has 0 atom stereocenters. The largest absolute Gasteiger partial charge is 0.357 e. The molecule has 3 rings (SSSR count). The fraction of sp³-hybridized carbons (Fsp3) is 0.176. The van der Waals surface area contributed by atoms with Gasteiger partial charge in [0, 0.05) is 18.9 Å². The van der Waals surface area contributed by atoms with Gasteiger partial charge in [-0.1, -0.05) is 23.5 Å². The number of urea groups is 1. The predicted octanol–water partition coefficient (Wildman–Crippen LogP) is 3.90. The van der Waals surface area contributed by atoms with Crippen molar-refractivity contribution < 1.29 is 4.79 Å². The van der Waals surface area contributed by atoms with E-state index < -0.39 is 0 Å². The third kappa shape index (κ3) is 4.10. The number of amides is 2. The number of carbonyl (C=O) groups excluding carboxylic acids is 1. The summed E-state index contributed by atoms with van der Waals surface area (Å²) >= 11 is 1.37. The first-order valence-corrected chi connectivity index (χ1v) is 8.50. The van der Waals surface area contributed by atoms with Crippen molar-refractivity contribution in [2.75, 3.05) is 23.0 Å². The first-order chi connectivity index (χ1) is 12.0. The number of rotatable bonds is 4. The van der Waals surface area contributed by atoms with Crippen LogP contribution in [-0.4, -0.2) is 28.0 Å². The van der Waals surface area contributed by atoms with E-state index >= 15 is 0 Å². The summed E-state index contributed by atoms with van der Waals surface area (Å²) in [4.78, 5) is 26.0. The normalized spacial score (nSPS) is 10.4. The van der Waals surface area contributed by atoms with Gasteiger partial charge in [-0.3, -0.25) is 5.32 Å². The zero-order chi connectivity index (χ0) is 17.8. The van der Waals surface area contributed by atoms with Crippen molar-refractivity contribution in [2.45, 2.75) is 13.8 Å². The average molecular weight is 354 g/mol. The number of benzene rings is 1. The molecule has 3 aromatic rings. The Morgan fingerprint density at radius 2 is 1.96 bits per heavy atom. The van der Waals surface area contributed by atoms with E-state index in [-0.39, 0.29) is 6.03 Å². The number of aromatic nitrogens is 3. The standard InChI is InChI=1S/C17H18N6OS/c1-10-5-4-6-12(9-10)21-16(24)23-17-20-11(2)14(25-17)13-7-8-19-15(18-3)22-13/h4-9H,1-3H3,(H,18,19,22)(H2,20,21,23,24). The highest BCUT2D eigenvalue weighted by molar-refractivity contribution is 7.19. The number of carbonyl (C=O) groups is 1. The van der Waals surface area contributed by atoms with Gasteiger partial charge in [-0.2, -0.15) is 0 Å². The molecule has 7 nitrogen and oxygen atoms in total. The molecule has 0 aliphatic carbocycles. The van der Waals surface area contributed by atoms with Gasteiger partial charge in [-0.05, 0) is 37.6 Å². The van der Waals surface area contributed by atoms with Crippen molar-refractivity contribution in [3.63, 3.8) is 0 Å². The van der Waals surface area contributed by atoms with Gasteiger partial charge in [-0.15, -0.1) is 0 Å². The van der Waals surface area contributed by atoms with E-state index in [1.165, 1.54) is 11.3 Å². The third-order valence-electron chi connectivity index (χ3n) is 3.40. The van der Waals surface area contributed by atoms with E-state index in [2.05, 4.69) is 30.9 Å².